The number of hydrogen-bond acceptors (Lipinski definition) is 3. The fourth-order valence-corrected chi connectivity index (χ4v) is 2.40. The van der Waals surface area contributed by atoms with Crippen LogP contribution >= 0.6 is 11.6 Å². The molecule has 2 aromatic rings. The van der Waals surface area contributed by atoms with Crippen molar-refractivity contribution in [3.8, 4) is 0 Å². The van der Waals surface area contributed by atoms with E-state index in [1.54, 1.807) is 0 Å². The molecule has 0 aliphatic heterocycles. The Labute approximate surface area is 125 Å². The van der Waals surface area contributed by atoms with Crippen molar-refractivity contribution in [2.45, 2.75) is 20.0 Å². The Morgan fingerprint density at radius 1 is 1.20 bits per heavy atom. The number of benzene rings is 1. The average molecular weight is 290 g/mol. The second-order valence-corrected chi connectivity index (χ2v) is 5.28. The highest BCUT2D eigenvalue weighted by Crippen LogP contribution is 2.16. The molecule has 1 aromatic heterocycles. The van der Waals surface area contributed by atoms with Crippen LogP contribution < -0.4 is 5.32 Å². The lowest BCUT2D eigenvalue weighted by molar-refractivity contribution is 0.319. The summed E-state index contributed by atoms with van der Waals surface area (Å²) in [4.78, 5) is 6.64. The number of nitrogens with zero attached hydrogens (tertiary/aromatic N) is 2. The van der Waals surface area contributed by atoms with Crippen LogP contribution in [0.1, 0.15) is 18.1 Å². The first kappa shape index (κ1) is 14.8. The third-order valence-corrected chi connectivity index (χ3v) is 3.25. The van der Waals surface area contributed by atoms with E-state index in [-0.39, 0.29) is 0 Å². The molecule has 3 nitrogen and oxygen atoms in total. The molecule has 4 heteroatoms. The topological polar surface area (TPSA) is 28.2 Å². The minimum atomic E-state index is 0.783. The van der Waals surface area contributed by atoms with E-state index < -0.39 is 0 Å². The van der Waals surface area contributed by atoms with Gasteiger partial charge in [-0.15, -0.1) is 0 Å². The zero-order valence-electron chi connectivity index (χ0n) is 11.9. The van der Waals surface area contributed by atoms with Crippen LogP contribution in [0.5, 0.6) is 0 Å². The highest BCUT2D eigenvalue weighted by Gasteiger charge is 2.07. The molecule has 0 saturated carbocycles. The van der Waals surface area contributed by atoms with Crippen molar-refractivity contribution in [1.82, 2.24) is 9.88 Å². The van der Waals surface area contributed by atoms with Gasteiger partial charge in [-0.2, -0.15) is 0 Å². The number of nitrogens with one attached hydrogen (secondary N) is 1. The largest absolute Gasteiger partial charge is 0.370 e. The molecule has 0 saturated heterocycles. The molecule has 1 heterocycles. The van der Waals surface area contributed by atoms with Crippen LogP contribution in [0.3, 0.4) is 0 Å². The summed E-state index contributed by atoms with van der Waals surface area (Å²) in [5.74, 6) is 0.966. The van der Waals surface area contributed by atoms with E-state index in [1.165, 1.54) is 11.1 Å². The minimum Gasteiger partial charge on any atom is -0.370 e. The Morgan fingerprint density at radius 3 is 2.80 bits per heavy atom. The summed E-state index contributed by atoms with van der Waals surface area (Å²) in [6.07, 6.45) is 1.82. The number of anilines is 1. The molecule has 0 aliphatic carbocycles. The lowest BCUT2D eigenvalue weighted by Crippen LogP contribution is -2.18. The van der Waals surface area contributed by atoms with Crippen molar-refractivity contribution in [3.63, 3.8) is 0 Å². The predicted molar refractivity (Wildman–Crippen MR) is 85.0 cm³/mol. The summed E-state index contributed by atoms with van der Waals surface area (Å²) < 4.78 is 0. The van der Waals surface area contributed by atoms with Crippen LogP contribution in [-0.2, 0) is 13.1 Å². The second kappa shape index (κ2) is 7.27. The zero-order valence-corrected chi connectivity index (χ0v) is 12.7. The molecular formula is C16H20ClN3. The lowest BCUT2D eigenvalue weighted by atomic mass is 10.2. The maximum absolute atomic E-state index is 6.02. The van der Waals surface area contributed by atoms with E-state index in [4.69, 9.17) is 11.6 Å². The van der Waals surface area contributed by atoms with Crippen LogP contribution in [0.4, 0.5) is 5.82 Å². The molecular weight excluding hydrogens is 270 g/mol. The fourth-order valence-electron chi connectivity index (χ4n) is 2.19. The van der Waals surface area contributed by atoms with Crippen LogP contribution in [0.2, 0.25) is 5.02 Å². The van der Waals surface area contributed by atoms with Gasteiger partial charge in [-0.1, -0.05) is 29.8 Å². The molecule has 0 spiro atoms. The summed E-state index contributed by atoms with van der Waals surface area (Å²) in [5.41, 5.74) is 2.42. The van der Waals surface area contributed by atoms with E-state index in [1.807, 2.05) is 30.5 Å². The number of aromatic nitrogens is 1. The van der Waals surface area contributed by atoms with Crippen molar-refractivity contribution < 1.29 is 0 Å². The molecule has 0 fully saturated rings. The number of halogens is 1. The lowest BCUT2D eigenvalue weighted by Gasteiger charge is -2.18. The van der Waals surface area contributed by atoms with Gasteiger partial charge in [0.25, 0.3) is 0 Å². The molecule has 0 amide bonds. The highest BCUT2D eigenvalue weighted by molar-refractivity contribution is 6.30. The van der Waals surface area contributed by atoms with Crippen molar-refractivity contribution in [2.24, 2.45) is 0 Å². The Bertz CT molecular complexity index is 557. The first-order valence-corrected chi connectivity index (χ1v) is 7.17. The number of rotatable bonds is 6. The van der Waals surface area contributed by atoms with Crippen LogP contribution in [0, 0.1) is 0 Å². The molecule has 0 aliphatic rings. The molecule has 1 N–H and O–H groups in total. The van der Waals surface area contributed by atoms with Gasteiger partial charge in [0.2, 0.25) is 0 Å². The molecule has 106 valence electrons. The van der Waals surface area contributed by atoms with E-state index in [9.17, 15) is 0 Å². The third kappa shape index (κ3) is 4.22. The molecule has 0 radical (unpaired) electrons. The fraction of sp³-hybridized carbons (Fsp3) is 0.312. The molecule has 0 unspecified atom stereocenters. The van der Waals surface area contributed by atoms with Crippen molar-refractivity contribution in [2.75, 3.05) is 18.9 Å². The Morgan fingerprint density at radius 2 is 2.05 bits per heavy atom. The summed E-state index contributed by atoms with van der Waals surface area (Å²) in [6, 6.07) is 12.1. The van der Waals surface area contributed by atoms with Gasteiger partial charge >= 0.3 is 0 Å². The molecule has 1 aromatic carbocycles. The van der Waals surface area contributed by atoms with E-state index in [0.29, 0.717) is 0 Å². The van der Waals surface area contributed by atoms with Crippen LogP contribution in [0.15, 0.2) is 42.6 Å². The third-order valence-electron chi connectivity index (χ3n) is 3.02. The maximum atomic E-state index is 6.02. The van der Waals surface area contributed by atoms with Gasteiger partial charge in [0.1, 0.15) is 5.82 Å². The van der Waals surface area contributed by atoms with Gasteiger partial charge in [-0.05, 0) is 37.7 Å². The summed E-state index contributed by atoms with van der Waals surface area (Å²) in [7, 11) is 2.10. The monoisotopic (exact) mass is 289 g/mol. The van der Waals surface area contributed by atoms with Gasteiger partial charge in [0.15, 0.2) is 0 Å². The smallest absolute Gasteiger partial charge is 0.130 e. The molecule has 0 bridgehead atoms. The zero-order chi connectivity index (χ0) is 14.4. The minimum absolute atomic E-state index is 0.783. The first-order chi connectivity index (χ1) is 9.69. The molecule has 0 atom stereocenters. The SMILES string of the molecule is CCNc1ncccc1CN(C)Cc1cccc(Cl)c1. The number of hydrogen-bond donors (Lipinski definition) is 1. The Hall–Kier alpha value is -1.58. The van der Waals surface area contributed by atoms with Crippen LogP contribution in [0.25, 0.3) is 0 Å². The van der Waals surface area contributed by atoms with Gasteiger partial charge in [-0.3, -0.25) is 4.90 Å². The van der Waals surface area contributed by atoms with E-state index in [2.05, 4.69) is 41.3 Å². The van der Waals surface area contributed by atoms with Crippen molar-refractivity contribution in [3.05, 3.63) is 58.7 Å². The summed E-state index contributed by atoms with van der Waals surface area (Å²) in [5, 5.41) is 4.08. The predicted octanol–water partition coefficient (Wildman–Crippen LogP) is 3.80. The van der Waals surface area contributed by atoms with Gasteiger partial charge in [-0.25, -0.2) is 4.98 Å². The Kier molecular flexibility index (Phi) is 5.39. The van der Waals surface area contributed by atoms with Gasteiger partial charge in [0.05, 0.1) is 0 Å². The average Bonchev–Trinajstić information content (AvgIpc) is 2.41. The summed E-state index contributed by atoms with van der Waals surface area (Å²) >= 11 is 6.02. The van der Waals surface area contributed by atoms with Gasteiger partial charge in [0, 0.05) is 36.4 Å². The Balaban J connectivity index is 2.02. The molecule has 2 rings (SSSR count). The first-order valence-electron chi connectivity index (χ1n) is 6.79. The standard InChI is InChI=1S/C16H20ClN3/c1-3-18-16-14(7-5-9-19-16)12-20(2)11-13-6-4-8-15(17)10-13/h4-10H,3,11-12H2,1-2H3,(H,18,19). The number of pyridine rings is 1. The van der Waals surface area contributed by atoms with Crippen molar-refractivity contribution >= 4 is 17.4 Å². The normalized spacial score (nSPS) is 10.8. The van der Waals surface area contributed by atoms with E-state index in [0.717, 1.165) is 30.5 Å². The second-order valence-electron chi connectivity index (χ2n) is 4.84. The molecule has 20 heavy (non-hydrogen) atoms. The maximum Gasteiger partial charge on any atom is 0.130 e. The highest BCUT2D eigenvalue weighted by atomic mass is 35.5. The van der Waals surface area contributed by atoms with E-state index >= 15 is 0 Å². The van der Waals surface area contributed by atoms with Crippen molar-refractivity contribution in [1.29, 1.82) is 0 Å². The summed E-state index contributed by atoms with van der Waals surface area (Å²) in [6.45, 7) is 4.67. The van der Waals surface area contributed by atoms with Crippen LogP contribution in [-0.4, -0.2) is 23.5 Å². The quantitative estimate of drug-likeness (QED) is 0.877. The van der Waals surface area contributed by atoms with Gasteiger partial charge < -0.3 is 5.32 Å².